The van der Waals surface area contributed by atoms with Gasteiger partial charge in [0.25, 0.3) is 0 Å². The summed E-state index contributed by atoms with van der Waals surface area (Å²) >= 11 is 0. The largest absolute Gasteiger partial charge is 0.312 e. The summed E-state index contributed by atoms with van der Waals surface area (Å²) in [6.07, 6.45) is 8.07. The van der Waals surface area contributed by atoms with Gasteiger partial charge in [-0.2, -0.15) is 0 Å². The molecule has 0 aromatic rings. The molecule has 0 saturated carbocycles. The Morgan fingerprint density at radius 2 is 1.38 bits per heavy atom. The van der Waals surface area contributed by atoms with E-state index in [0.29, 0.717) is 5.41 Å². The molecule has 0 spiro atoms. The minimum absolute atomic E-state index is 0.281. The minimum atomic E-state index is 0.281. The van der Waals surface area contributed by atoms with E-state index in [0.717, 1.165) is 0 Å². The lowest BCUT2D eigenvalue weighted by molar-refractivity contribution is 0.241. The number of rotatable bonds is 8. The third kappa shape index (κ3) is 10.5. The Kier molecular flexibility index (Phi) is 7.30. The summed E-state index contributed by atoms with van der Waals surface area (Å²) in [7, 11) is 0. The lowest BCUT2D eigenvalue weighted by Crippen LogP contribution is -2.42. The van der Waals surface area contributed by atoms with Crippen molar-refractivity contribution >= 4 is 0 Å². The molecule has 0 unspecified atom stereocenters. The van der Waals surface area contributed by atoms with E-state index < -0.39 is 0 Å². The second kappa shape index (κ2) is 7.32. The van der Waals surface area contributed by atoms with Crippen molar-refractivity contribution in [3.63, 3.8) is 0 Å². The van der Waals surface area contributed by atoms with E-state index in [4.69, 9.17) is 0 Å². The molecule has 0 aromatic carbocycles. The summed E-state index contributed by atoms with van der Waals surface area (Å²) in [6.45, 7) is 15.0. The first-order valence-electron chi connectivity index (χ1n) is 7.02. The van der Waals surface area contributed by atoms with Crippen LogP contribution in [-0.2, 0) is 0 Å². The molecule has 0 aromatic heterocycles. The van der Waals surface area contributed by atoms with E-state index in [2.05, 4.69) is 46.9 Å². The van der Waals surface area contributed by atoms with Crippen LogP contribution in [0.3, 0.4) is 0 Å². The third-order valence-electron chi connectivity index (χ3n) is 2.86. The van der Waals surface area contributed by atoms with Gasteiger partial charge in [0.15, 0.2) is 0 Å². The van der Waals surface area contributed by atoms with Gasteiger partial charge in [0.1, 0.15) is 0 Å². The maximum Gasteiger partial charge on any atom is 0.0130 e. The molecule has 0 rings (SSSR count). The SMILES string of the molecule is CCCCCCCNC(C)(C)CC(C)(C)C. The Hall–Kier alpha value is -0.0400. The number of nitrogens with one attached hydrogen (secondary N) is 1. The normalized spacial score (nSPS) is 13.1. The zero-order valence-corrected chi connectivity index (χ0v) is 12.4. The lowest BCUT2D eigenvalue weighted by atomic mass is 9.82. The van der Waals surface area contributed by atoms with Crippen LogP contribution in [0.5, 0.6) is 0 Å². The average Bonchev–Trinajstić information content (AvgIpc) is 2.06. The highest BCUT2D eigenvalue weighted by atomic mass is 14.9. The molecule has 0 aliphatic carbocycles. The van der Waals surface area contributed by atoms with E-state index in [1.807, 2.05) is 0 Å². The van der Waals surface area contributed by atoms with E-state index in [1.165, 1.54) is 45.1 Å². The van der Waals surface area contributed by atoms with Crippen molar-refractivity contribution in [3.05, 3.63) is 0 Å². The van der Waals surface area contributed by atoms with Gasteiger partial charge < -0.3 is 5.32 Å². The van der Waals surface area contributed by atoms with E-state index in [1.54, 1.807) is 0 Å². The first-order chi connectivity index (χ1) is 7.27. The maximum atomic E-state index is 3.69. The van der Waals surface area contributed by atoms with Crippen molar-refractivity contribution in [1.29, 1.82) is 0 Å². The van der Waals surface area contributed by atoms with Crippen LogP contribution in [0.2, 0.25) is 0 Å². The molecule has 0 atom stereocenters. The summed E-state index contributed by atoms with van der Waals surface area (Å²) in [5.74, 6) is 0. The van der Waals surface area contributed by atoms with Crippen molar-refractivity contribution in [3.8, 4) is 0 Å². The molecule has 0 fully saturated rings. The highest BCUT2D eigenvalue weighted by molar-refractivity contribution is 4.82. The van der Waals surface area contributed by atoms with Crippen LogP contribution in [0.1, 0.15) is 80.1 Å². The van der Waals surface area contributed by atoms with Crippen LogP contribution in [0.4, 0.5) is 0 Å². The van der Waals surface area contributed by atoms with E-state index in [9.17, 15) is 0 Å². The van der Waals surface area contributed by atoms with Crippen molar-refractivity contribution in [2.24, 2.45) is 5.41 Å². The van der Waals surface area contributed by atoms with Gasteiger partial charge in [-0.25, -0.2) is 0 Å². The zero-order chi connectivity index (χ0) is 12.7. The van der Waals surface area contributed by atoms with Crippen molar-refractivity contribution in [2.75, 3.05) is 6.54 Å². The fourth-order valence-electron chi connectivity index (χ4n) is 2.54. The summed E-state index contributed by atoms with van der Waals surface area (Å²) in [4.78, 5) is 0. The molecular weight excluding hydrogens is 194 g/mol. The summed E-state index contributed by atoms with van der Waals surface area (Å²) in [5, 5.41) is 3.69. The van der Waals surface area contributed by atoms with Crippen LogP contribution in [0.15, 0.2) is 0 Å². The Labute approximate surface area is 103 Å². The van der Waals surface area contributed by atoms with Gasteiger partial charge >= 0.3 is 0 Å². The average molecular weight is 227 g/mol. The van der Waals surface area contributed by atoms with Crippen LogP contribution in [-0.4, -0.2) is 12.1 Å². The van der Waals surface area contributed by atoms with Gasteiger partial charge in [-0.05, 0) is 38.6 Å². The van der Waals surface area contributed by atoms with Gasteiger partial charge in [0, 0.05) is 5.54 Å². The monoisotopic (exact) mass is 227 g/mol. The predicted octanol–water partition coefficient (Wildman–Crippen LogP) is 4.76. The molecule has 16 heavy (non-hydrogen) atoms. The number of unbranched alkanes of at least 4 members (excludes halogenated alkanes) is 4. The molecule has 1 heteroatoms. The lowest BCUT2D eigenvalue weighted by Gasteiger charge is -2.33. The molecule has 1 N–H and O–H groups in total. The summed E-state index contributed by atoms with van der Waals surface area (Å²) in [6, 6.07) is 0. The van der Waals surface area contributed by atoms with Crippen molar-refractivity contribution in [2.45, 2.75) is 85.6 Å². The van der Waals surface area contributed by atoms with Crippen molar-refractivity contribution < 1.29 is 0 Å². The highest BCUT2D eigenvalue weighted by Gasteiger charge is 2.24. The van der Waals surface area contributed by atoms with Gasteiger partial charge in [-0.15, -0.1) is 0 Å². The molecule has 0 amide bonds. The quantitative estimate of drug-likeness (QED) is 0.589. The second-order valence-electron chi connectivity index (χ2n) is 6.96. The van der Waals surface area contributed by atoms with Crippen LogP contribution in [0.25, 0.3) is 0 Å². The van der Waals surface area contributed by atoms with Crippen LogP contribution < -0.4 is 5.32 Å². The van der Waals surface area contributed by atoms with Crippen LogP contribution >= 0.6 is 0 Å². The second-order valence-corrected chi connectivity index (χ2v) is 6.96. The van der Waals surface area contributed by atoms with Gasteiger partial charge in [0.2, 0.25) is 0 Å². The number of hydrogen-bond donors (Lipinski definition) is 1. The molecule has 98 valence electrons. The summed E-state index contributed by atoms with van der Waals surface area (Å²) < 4.78 is 0. The molecule has 0 radical (unpaired) electrons. The van der Waals surface area contributed by atoms with E-state index in [-0.39, 0.29) is 5.54 Å². The Morgan fingerprint density at radius 1 is 0.812 bits per heavy atom. The van der Waals surface area contributed by atoms with Crippen LogP contribution in [0, 0.1) is 5.41 Å². The Bertz CT molecular complexity index is 165. The number of hydrogen-bond acceptors (Lipinski definition) is 1. The molecule has 0 aliphatic heterocycles. The highest BCUT2D eigenvalue weighted by Crippen LogP contribution is 2.26. The standard InChI is InChI=1S/C15H33N/c1-7-8-9-10-11-12-16-15(5,6)13-14(2,3)4/h16H,7-13H2,1-6H3. The van der Waals surface area contributed by atoms with Gasteiger partial charge in [0.05, 0.1) is 0 Å². The molecule has 0 saturated heterocycles. The maximum absolute atomic E-state index is 3.69. The van der Waals surface area contributed by atoms with Gasteiger partial charge in [-0.3, -0.25) is 0 Å². The smallest absolute Gasteiger partial charge is 0.0130 e. The molecule has 0 heterocycles. The Morgan fingerprint density at radius 3 is 1.88 bits per heavy atom. The topological polar surface area (TPSA) is 12.0 Å². The summed E-state index contributed by atoms with van der Waals surface area (Å²) in [5.41, 5.74) is 0.696. The minimum Gasteiger partial charge on any atom is -0.312 e. The van der Waals surface area contributed by atoms with Crippen molar-refractivity contribution in [1.82, 2.24) is 5.32 Å². The van der Waals surface area contributed by atoms with E-state index >= 15 is 0 Å². The third-order valence-corrected chi connectivity index (χ3v) is 2.86. The molecule has 0 aliphatic rings. The molecule has 1 nitrogen and oxygen atoms in total. The first-order valence-corrected chi connectivity index (χ1v) is 7.02. The zero-order valence-electron chi connectivity index (χ0n) is 12.4. The fraction of sp³-hybridized carbons (Fsp3) is 1.00. The van der Waals surface area contributed by atoms with Gasteiger partial charge in [-0.1, -0.05) is 53.4 Å². The molecular formula is C15H33N. The fourth-order valence-corrected chi connectivity index (χ4v) is 2.54. The molecule has 0 bridgehead atoms. The first kappa shape index (κ1) is 16.0. The Balaban J connectivity index is 3.58. The predicted molar refractivity (Wildman–Crippen MR) is 74.9 cm³/mol.